The van der Waals surface area contributed by atoms with Crippen LogP contribution in [0.5, 0.6) is 0 Å². The fourth-order valence-corrected chi connectivity index (χ4v) is 3.79. The van der Waals surface area contributed by atoms with E-state index < -0.39 is 34.8 Å². The van der Waals surface area contributed by atoms with Gasteiger partial charge in [-0.3, -0.25) is 10.1 Å². The number of nitrogens with zero attached hydrogens (tertiary/aromatic N) is 2. The van der Waals surface area contributed by atoms with Gasteiger partial charge in [-0.1, -0.05) is 29.5 Å². The molecule has 32 heavy (non-hydrogen) atoms. The lowest BCUT2D eigenvalue weighted by Crippen LogP contribution is -2.15. The summed E-state index contributed by atoms with van der Waals surface area (Å²) in [6.45, 7) is 0. The smallest absolute Gasteiger partial charge is 0.343 e. The molecule has 0 saturated heterocycles. The quantitative estimate of drug-likeness (QED) is 0.339. The van der Waals surface area contributed by atoms with Gasteiger partial charge >= 0.3 is 6.18 Å². The summed E-state index contributed by atoms with van der Waals surface area (Å²) < 4.78 is 67.2. The first kappa shape index (κ1) is 23.4. The fraction of sp³-hybridized carbons (Fsp3) is 0.0500. The summed E-state index contributed by atoms with van der Waals surface area (Å²) in [6, 6.07) is 7.56. The van der Waals surface area contributed by atoms with Crippen molar-refractivity contribution in [1.29, 1.82) is 0 Å². The Labute approximate surface area is 187 Å². The Morgan fingerprint density at radius 3 is 2.38 bits per heavy atom. The minimum Gasteiger partial charge on any atom is -0.343 e. The van der Waals surface area contributed by atoms with Gasteiger partial charge in [0.05, 0.1) is 10.4 Å². The van der Waals surface area contributed by atoms with E-state index in [-0.39, 0.29) is 39.5 Å². The number of halogens is 6. The highest BCUT2D eigenvalue weighted by molar-refractivity contribution is 7.19. The van der Waals surface area contributed by atoms with Crippen LogP contribution in [-0.2, 0) is 6.18 Å². The predicted octanol–water partition coefficient (Wildman–Crippen LogP) is 6.17. The molecule has 0 aliphatic carbocycles. The van der Waals surface area contributed by atoms with Crippen LogP contribution in [0.4, 0.5) is 27.1 Å². The highest BCUT2D eigenvalue weighted by atomic mass is 35.5. The molecule has 2 heterocycles. The van der Waals surface area contributed by atoms with E-state index in [1.54, 1.807) is 0 Å². The third-order valence-electron chi connectivity index (χ3n) is 4.21. The average Bonchev–Trinajstić information content (AvgIpc) is 3.37. The number of alkyl halides is 3. The number of nitrogens with one attached hydrogen (secondary N) is 2. The lowest BCUT2D eigenvalue weighted by molar-refractivity contribution is -0.137. The number of aromatic nitrogens is 3. The molecule has 1 amide bonds. The van der Waals surface area contributed by atoms with Gasteiger partial charge in [0.25, 0.3) is 5.91 Å². The van der Waals surface area contributed by atoms with Crippen LogP contribution in [0, 0.1) is 11.6 Å². The van der Waals surface area contributed by atoms with Crippen molar-refractivity contribution in [3.05, 3.63) is 77.6 Å². The zero-order valence-corrected chi connectivity index (χ0v) is 17.3. The second-order valence-electron chi connectivity index (χ2n) is 6.26. The topological polar surface area (TPSA) is 70.7 Å². The third-order valence-corrected chi connectivity index (χ3v) is 5.23. The van der Waals surface area contributed by atoms with E-state index >= 15 is 0 Å². The molecule has 4 aromatic rings. The van der Waals surface area contributed by atoms with Gasteiger partial charge in [-0.2, -0.15) is 13.2 Å². The molecule has 166 valence electrons. The van der Waals surface area contributed by atoms with Gasteiger partial charge in [0.1, 0.15) is 22.9 Å². The van der Waals surface area contributed by atoms with Crippen molar-refractivity contribution in [2.24, 2.45) is 0 Å². The van der Waals surface area contributed by atoms with Crippen LogP contribution >= 0.6 is 23.7 Å². The van der Waals surface area contributed by atoms with Gasteiger partial charge in [-0.05, 0) is 29.8 Å². The summed E-state index contributed by atoms with van der Waals surface area (Å²) in [5.74, 6) is -2.94. The van der Waals surface area contributed by atoms with Crippen molar-refractivity contribution in [3.8, 4) is 22.0 Å². The lowest BCUT2D eigenvalue weighted by Gasteiger charge is -2.08. The molecule has 0 saturated carbocycles. The first-order valence-electron chi connectivity index (χ1n) is 8.67. The molecular weight excluding hydrogens is 475 g/mol. The first-order valence-corrected chi connectivity index (χ1v) is 9.49. The first-order chi connectivity index (χ1) is 14.7. The molecule has 0 aliphatic rings. The van der Waals surface area contributed by atoms with E-state index in [0.29, 0.717) is 0 Å². The summed E-state index contributed by atoms with van der Waals surface area (Å²) in [4.78, 5) is 23.7. The Hall–Kier alpha value is -3.31. The fourth-order valence-electron chi connectivity index (χ4n) is 2.84. The number of amides is 1. The Morgan fingerprint density at radius 1 is 1.06 bits per heavy atom. The number of benzene rings is 2. The van der Waals surface area contributed by atoms with E-state index in [0.717, 1.165) is 41.7 Å². The van der Waals surface area contributed by atoms with Crippen LogP contribution in [0.15, 0.2) is 54.9 Å². The number of hydrogen-bond acceptors (Lipinski definition) is 4. The summed E-state index contributed by atoms with van der Waals surface area (Å²) in [5.41, 5.74) is -1.28. The molecule has 2 aromatic heterocycles. The summed E-state index contributed by atoms with van der Waals surface area (Å²) >= 11 is 0.850. The van der Waals surface area contributed by atoms with Crippen LogP contribution in [0.25, 0.3) is 22.0 Å². The number of H-pyrrole nitrogens is 1. The molecule has 0 radical (unpaired) electrons. The van der Waals surface area contributed by atoms with Crippen molar-refractivity contribution in [1.82, 2.24) is 15.0 Å². The maximum atomic E-state index is 13.9. The molecule has 0 fully saturated rings. The zero-order valence-electron chi connectivity index (χ0n) is 15.7. The van der Waals surface area contributed by atoms with E-state index in [9.17, 15) is 26.7 Å². The van der Waals surface area contributed by atoms with Gasteiger partial charge in [0.2, 0.25) is 0 Å². The minimum absolute atomic E-state index is 0. The van der Waals surface area contributed by atoms with Gasteiger partial charge in [-0.25, -0.2) is 18.7 Å². The van der Waals surface area contributed by atoms with Crippen LogP contribution in [-0.4, -0.2) is 20.9 Å². The van der Waals surface area contributed by atoms with E-state index in [1.165, 1.54) is 24.5 Å². The van der Waals surface area contributed by atoms with Gasteiger partial charge in [0.15, 0.2) is 11.0 Å². The number of carbonyl (C=O) groups excluding carboxylic acids is 1. The number of thiazole rings is 1. The van der Waals surface area contributed by atoms with E-state index in [2.05, 4.69) is 20.3 Å². The second kappa shape index (κ2) is 9.05. The molecule has 2 aromatic carbocycles. The van der Waals surface area contributed by atoms with Crippen molar-refractivity contribution in [2.45, 2.75) is 6.18 Å². The lowest BCUT2D eigenvalue weighted by atomic mass is 10.1. The van der Waals surface area contributed by atoms with Crippen molar-refractivity contribution in [2.75, 3.05) is 5.32 Å². The standard InChI is InChI=1S/C20H11F5N4OS.ClH/c21-12-5-2-6-13(22)14(12)18(30)29-19-28-15(17-26-7-8-27-17)16(31-19)10-3-1-4-11(9-10)20(23,24)25;/h1-9H,(H,26,27)(H,28,29,30);1H. The molecule has 4 rings (SSSR count). The molecular formula is C20H12ClF5N4OS. The minimum atomic E-state index is -4.55. The van der Waals surface area contributed by atoms with Crippen molar-refractivity contribution >= 4 is 34.8 Å². The normalized spacial score (nSPS) is 11.2. The number of aromatic amines is 1. The SMILES string of the molecule is Cl.O=C(Nc1nc(-c2ncc[nH]2)c(-c2cccc(C(F)(F)F)c2)s1)c1c(F)cccc1F. The largest absolute Gasteiger partial charge is 0.416 e. The van der Waals surface area contributed by atoms with Crippen LogP contribution in [0.1, 0.15) is 15.9 Å². The molecule has 0 aliphatic heterocycles. The van der Waals surface area contributed by atoms with Crippen LogP contribution in [0.2, 0.25) is 0 Å². The highest BCUT2D eigenvalue weighted by Gasteiger charge is 2.31. The highest BCUT2D eigenvalue weighted by Crippen LogP contribution is 2.40. The molecule has 12 heteroatoms. The number of hydrogen-bond donors (Lipinski definition) is 2. The molecule has 0 spiro atoms. The number of anilines is 1. The maximum Gasteiger partial charge on any atom is 0.416 e. The average molecular weight is 487 g/mol. The summed E-state index contributed by atoms with van der Waals surface area (Å²) in [7, 11) is 0. The molecule has 0 bridgehead atoms. The van der Waals surface area contributed by atoms with Crippen LogP contribution in [0.3, 0.4) is 0 Å². The van der Waals surface area contributed by atoms with Crippen molar-refractivity contribution in [3.63, 3.8) is 0 Å². The van der Waals surface area contributed by atoms with Gasteiger partial charge in [0, 0.05) is 12.4 Å². The van der Waals surface area contributed by atoms with Gasteiger partial charge in [-0.15, -0.1) is 12.4 Å². The summed E-state index contributed by atoms with van der Waals surface area (Å²) in [5, 5.41) is 2.24. The Kier molecular flexibility index (Phi) is 6.60. The van der Waals surface area contributed by atoms with E-state index in [1.807, 2.05) is 0 Å². The third kappa shape index (κ3) is 4.63. The number of rotatable bonds is 4. The second-order valence-corrected chi connectivity index (χ2v) is 7.26. The monoisotopic (exact) mass is 486 g/mol. The van der Waals surface area contributed by atoms with Crippen LogP contribution < -0.4 is 5.32 Å². The van der Waals surface area contributed by atoms with Gasteiger partial charge < -0.3 is 4.98 Å². The number of imidazole rings is 1. The van der Waals surface area contributed by atoms with Crippen molar-refractivity contribution < 1.29 is 26.7 Å². The Bertz CT molecular complexity index is 1240. The molecule has 2 N–H and O–H groups in total. The predicted molar refractivity (Wildman–Crippen MR) is 112 cm³/mol. The molecule has 0 unspecified atom stereocenters. The Morgan fingerprint density at radius 2 is 1.75 bits per heavy atom. The maximum absolute atomic E-state index is 13.9. The summed E-state index contributed by atoms with van der Waals surface area (Å²) in [6.07, 6.45) is -1.62. The van der Waals surface area contributed by atoms with E-state index in [4.69, 9.17) is 0 Å². The zero-order chi connectivity index (χ0) is 22.2. The Balaban J connectivity index is 0.00000289. The number of carbonyl (C=O) groups is 1. The molecule has 5 nitrogen and oxygen atoms in total. The molecule has 0 atom stereocenters.